The first kappa shape index (κ1) is 17.5. The first-order chi connectivity index (χ1) is 10.1. The maximum Gasteiger partial charge on any atom is 0.418 e. The van der Waals surface area contributed by atoms with Crippen molar-refractivity contribution in [3.63, 3.8) is 0 Å². The molecule has 0 atom stereocenters. The van der Waals surface area contributed by atoms with Crippen LogP contribution in [0.2, 0.25) is 0 Å². The third kappa shape index (κ3) is 6.14. The van der Waals surface area contributed by atoms with E-state index in [0.717, 1.165) is 14.9 Å². The largest absolute Gasteiger partial charge is 0.449 e. The molecule has 0 saturated heterocycles. The number of benzene rings is 1. The topological polar surface area (TPSA) is 84.7 Å². The number of ether oxygens (including phenoxy) is 1. The summed E-state index contributed by atoms with van der Waals surface area (Å²) in [5.74, 6) is 0. The van der Waals surface area contributed by atoms with Crippen molar-refractivity contribution in [3.8, 4) is 0 Å². The monoisotopic (exact) mass is 357 g/mol. The van der Waals surface area contributed by atoms with Crippen molar-refractivity contribution in [2.24, 2.45) is 5.73 Å². The SMILES string of the molecule is CCOC(=O)N(CCN)C(=O)NCCc1ccc(Br)cc1. The van der Waals surface area contributed by atoms with Crippen LogP contribution >= 0.6 is 15.9 Å². The number of carbonyl (C=O) groups is 2. The van der Waals surface area contributed by atoms with E-state index in [0.29, 0.717) is 13.0 Å². The van der Waals surface area contributed by atoms with Crippen molar-refractivity contribution in [1.29, 1.82) is 0 Å². The molecule has 0 fully saturated rings. The summed E-state index contributed by atoms with van der Waals surface area (Å²) < 4.78 is 5.83. The van der Waals surface area contributed by atoms with Crippen LogP contribution in [0.25, 0.3) is 0 Å². The normalized spacial score (nSPS) is 10.0. The van der Waals surface area contributed by atoms with Crippen LogP contribution in [-0.2, 0) is 11.2 Å². The fraction of sp³-hybridized carbons (Fsp3) is 0.429. The maximum atomic E-state index is 11.9. The number of amides is 3. The van der Waals surface area contributed by atoms with E-state index >= 15 is 0 Å². The van der Waals surface area contributed by atoms with Gasteiger partial charge in [0.25, 0.3) is 0 Å². The molecule has 1 aromatic rings. The second-order valence-electron chi connectivity index (χ2n) is 4.25. The van der Waals surface area contributed by atoms with Gasteiger partial charge in [-0.05, 0) is 31.0 Å². The molecule has 3 N–H and O–H groups in total. The number of nitrogens with zero attached hydrogens (tertiary/aromatic N) is 1. The van der Waals surface area contributed by atoms with E-state index in [1.165, 1.54) is 0 Å². The lowest BCUT2D eigenvalue weighted by atomic mass is 10.1. The van der Waals surface area contributed by atoms with Crippen molar-refractivity contribution < 1.29 is 14.3 Å². The number of rotatable bonds is 6. The van der Waals surface area contributed by atoms with Crippen LogP contribution in [0.15, 0.2) is 28.7 Å². The van der Waals surface area contributed by atoms with Gasteiger partial charge in [0.2, 0.25) is 0 Å². The van der Waals surface area contributed by atoms with E-state index in [2.05, 4.69) is 21.2 Å². The Hall–Kier alpha value is -1.60. The quantitative estimate of drug-likeness (QED) is 0.816. The highest BCUT2D eigenvalue weighted by Gasteiger charge is 2.21. The average molecular weight is 358 g/mol. The lowest BCUT2D eigenvalue weighted by molar-refractivity contribution is 0.115. The summed E-state index contributed by atoms with van der Waals surface area (Å²) in [7, 11) is 0. The molecule has 1 aromatic carbocycles. The Morgan fingerprint density at radius 1 is 1.33 bits per heavy atom. The molecule has 0 radical (unpaired) electrons. The van der Waals surface area contributed by atoms with Gasteiger partial charge in [0.1, 0.15) is 0 Å². The molecular weight excluding hydrogens is 338 g/mol. The molecule has 0 saturated carbocycles. The fourth-order valence-electron chi connectivity index (χ4n) is 1.67. The summed E-state index contributed by atoms with van der Waals surface area (Å²) in [4.78, 5) is 24.5. The van der Waals surface area contributed by atoms with Crippen LogP contribution in [0.5, 0.6) is 0 Å². The van der Waals surface area contributed by atoms with Crippen LogP contribution < -0.4 is 11.1 Å². The highest BCUT2D eigenvalue weighted by atomic mass is 79.9. The number of urea groups is 1. The van der Waals surface area contributed by atoms with Crippen LogP contribution in [0.3, 0.4) is 0 Å². The molecule has 0 unspecified atom stereocenters. The molecule has 0 spiro atoms. The molecule has 0 aromatic heterocycles. The number of hydrogen-bond donors (Lipinski definition) is 2. The molecule has 0 heterocycles. The number of hydrogen-bond acceptors (Lipinski definition) is 4. The minimum Gasteiger partial charge on any atom is -0.449 e. The third-order valence-electron chi connectivity index (χ3n) is 2.69. The zero-order valence-electron chi connectivity index (χ0n) is 12.0. The molecular formula is C14H20BrN3O3. The predicted octanol–water partition coefficient (Wildman–Crippen LogP) is 2.12. The zero-order chi connectivity index (χ0) is 15.7. The van der Waals surface area contributed by atoms with E-state index in [9.17, 15) is 9.59 Å². The van der Waals surface area contributed by atoms with E-state index in [4.69, 9.17) is 10.5 Å². The van der Waals surface area contributed by atoms with E-state index in [1.807, 2.05) is 24.3 Å². The Bertz CT molecular complexity index is 465. The minimum atomic E-state index is -0.677. The number of imide groups is 1. The number of halogens is 1. The molecule has 0 aliphatic carbocycles. The molecule has 6 nitrogen and oxygen atoms in total. The summed E-state index contributed by atoms with van der Waals surface area (Å²) in [6.45, 7) is 2.65. The zero-order valence-corrected chi connectivity index (χ0v) is 13.6. The molecule has 0 bridgehead atoms. The Morgan fingerprint density at radius 3 is 2.57 bits per heavy atom. The number of nitrogens with one attached hydrogen (secondary N) is 1. The number of nitrogens with two attached hydrogens (primary N) is 1. The molecule has 3 amide bonds. The molecule has 0 aliphatic heterocycles. The van der Waals surface area contributed by atoms with Gasteiger partial charge in [-0.25, -0.2) is 14.5 Å². The third-order valence-corrected chi connectivity index (χ3v) is 3.22. The minimum absolute atomic E-state index is 0.128. The smallest absolute Gasteiger partial charge is 0.418 e. The van der Waals surface area contributed by atoms with Crippen LogP contribution in [0.4, 0.5) is 9.59 Å². The Kier molecular flexibility index (Phi) is 7.78. The summed E-state index contributed by atoms with van der Waals surface area (Å²) >= 11 is 3.36. The fourth-order valence-corrected chi connectivity index (χ4v) is 1.93. The van der Waals surface area contributed by atoms with Gasteiger partial charge >= 0.3 is 12.1 Å². The van der Waals surface area contributed by atoms with Gasteiger partial charge in [-0.3, -0.25) is 0 Å². The second kappa shape index (κ2) is 9.36. The van der Waals surface area contributed by atoms with Gasteiger partial charge in [-0.15, -0.1) is 0 Å². The van der Waals surface area contributed by atoms with Gasteiger partial charge in [-0.1, -0.05) is 28.1 Å². The Morgan fingerprint density at radius 2 is 2.00 bits per heavy atom. The molecule has 1 rings (SSSR count). The summed E-state index contributed by atoms with van der Waals surface area (Å²) in [6.07, 6.45) is 0.00211. The average Bonchev–Trinajstić information content (AvgIpc) is 2.47. The predicted molar refractivity (Wildman–Crippen MR) is 84.0 cm³/mol. The van der Waals surface area contributed by atoms with Gasteiger partial charge in [0.15, 0.2) is 0 Å². The van der Waals surface area contributed by atoms with Crippen LogP contribution in [0, 0.1) is 0 Å². The molecule has 0 aliphatic rings. The van der Waals surface area contributed by atoms with Crippen molar-refractivity contribution >= 4 is 28.1 Å². The first-order valence-electron chi connectivity index (χ1n) is 6.75. The summed E-state index contributed by atoms with van der Waals surface area (Å²) in [5.41, 5.74) is 6.50. The van der Waals surface area contributed by atoms with Crippen molar-refractivity contribution in [2.75, 3.05) is 26.2 Å². The van der Waals surface area contributed by atoms with Crippen molar-refractivity contribution in [2.45, 2.75) is 13.3 Å². The lowest BCUT2D eigenvalue weighted by Gasteiger charge is -2.19. The highest BCUT2D eigenvalue weighted by molar-refractivity contribution is 9.10. The second-order valence-corrected chi connectivity index (χ2v) is 5.16. The lowest BCUT2D eigenvalue weighted by Crippen LogP contribution is -2.46. The summed E-state index contributed by atoms with van der Waals surface area (Å²) in [6, 6.07) is 7.34. The van der Waals surface area contributed by atoms with Gasteiger partial charge in [0, 0.05) is 24.1 Å². The van der Waals surface area contributed by atoms with Crippen molar-refractivity contribution in [3.05, 3.63) is 34.3 Å². The van der Waals surface area contributed by atoms with Gasteiger partial charge in [0.05, 0.1) is 6.61 Å². The molecule has 7 heteroatoms. The standard InChI is InChI=1S/C14H20BrN3O3/c1-2-21-14(20)18(10-8-16)13(19)17-9-7-11-3-5-12(15)6-4-11/h3-6H,2,7-10,16H2,1H3,(H,17,19). The molecule has 116 valence electrons. The van der Waals surface area contributed by atoms with Crippen molar-refractivity contribution in [1.82, 2.24) is 10.2 Å². The van der Waals surface area contributed by atoms with Crippen LogP contribution in [0.1, 0.15) is 12.5 Å². The van der Waals surface area contributed by atoms with Gasteiger partial charge in [-0.2, -0.15) is 0 Å². The Balaban J connectivity index is 2.45. The van der Waals surface area contributed by atoms with E-state index in [-0.39, 0.29) is 19.7 Å². The number of carbonyl (C=O) groups excluding carboxylic acids is 2. The summed E-state index contributed by atoms with van der Waals surface area (Å²) in [5, 5.41) is 2.69. The maximum absolute atomic E-state index is 11.9. The Labute approximate surface area is 132 Å². The highest BCUT2D eigenvalue weighted by Crippen LogP contribution is 2.10. The van der Waals surface area contributed by atoms with E-state index < -0.39 is 12.1 Å². The van der Waals surface area contributed by atoms with Crippen LogP contribution in [-0.4, -0.2) is 43.3 Å². The van der Waals surface area contributed by atoms with E-state index in [1.54, 1.807) is 6.92 Å². The van der Waals surface area contributed by atoms with Gasteiger partial charge < -0.3 is 15.8 Å². The molecule has 21 heavy (non-hydrogen) atoms. The first-order valence-corrected chi connectivity index (χ1v) is 7.54.